The van der Waals surface area contributed by atoms with Crippen molar-refractivity contribution in [1.82, 2.24) is 15.1 Å². The van der Waals surface area contributed by atoms with Crippen LogP contribution in [-0.4, -0.2) is 94.7 Å². The van der Waals surface area contributed by atoms with E-state index in [0.717, 1.165) is 81.9 Å². The first-order chi connectivity index (χ1) is 32.4. The van der Waals surface area contributed by atoms with E-state index in [-0.39, 0.29) is 39.0 Å². The molecule has 6 aliphatic heterocycles. The number of nitrogens with two attached hydrogens (primary N) is 1. The van der Waals surface area contributed by atoms with E-state index < -0.39 is 5.24 Å². The molecule has 3 N–H and O–H groups in total. The predicted molar refractivity (Wildman–Crippen MR) is 264 cm³/mol. The standard InChI is InChI=1S/C29H34N2O2.C22H30N2O.C7H5ClO/c1-20-7-10-23-16-25-29-12-11-27(19-33-29,30-26(32)22-5-3-2-4-6-22)18-28(29,24(23)15-20)13-14-31(25)17-21-8-9-21;1-15-2-5-17-11-19-22-7-6-20(23,14-25-22)13-21(22,18(17)10-15)8-9-24(19)12-16-3-4-16;8-7(9)6-4-2-1-3-5-6/h2-7,10,15,21,25H,8-9,11-14,16-19H2,1H3,(H,30,32);2,5,10,16,19H,3-4,6-9,11-14,23H2,1H3;1-5H/t25-,27+,28-,29-;19-,20+,21-,22-;/m11./s1. The molecule has 6 aliphatic carbocycles. The fourth-order valence-electron chi connectivity index (χ4n) is 15.4. The number of fused-ring (bicyclic) bond motifs is 6. The van der Waals surface area contributed by atoms with Crippen LogP contribution in [0.1, 0.15) is 131 Å². The Labute approximate surface area is 402 Å². The number of amides is 1. The largest absolute Gasteiger partial charge is 0.371 e. The second kappa shape index (κ2) is 16.3. The quantitative estimate of drug-likeness (QED) is 0.179. The number of halogens is 1. The van der Waals surface area contributed by atoms with Crippen LogP contribution in [0, 0.1) is 25.7 Å². The minimum absolute atomic E-state index is 0.00219. The lowest BCUT2D eigenvalue weighted by atomic mass is 9.45. The highest BCUT2D eigenvalue weighted by molar-refractivity contribution is 6.67. The lowest BCUT2D eigenvalue weighted by Crippen LogP contribution is -2.81. The van der Waals surface area contributed by atoms with Gasteiger partial charge in [0.15, 0.2) is 0 Å². The SMILES string of the molecule is Cc1ccc2c(c1)[C@]13CCN(CC4CC4)[C@H](C2)[C@]12CC[C@@](N)(CO2)C3.Cc1ccc2c(c1)[C@]13CCN(CC4CC4)[C@H](C2)[C@]12CC[C@@](NC(=O)c1ccccc1)(CO2)C3.O=C(Cl)c1ccccc1. The molecule has 4 aromatic rings. The van der Waals surface area contributed by atoms with Gasteiger partial charge >= 0.3 is 0 Å². The third kappa shape index (κ3) is 7.32. The third-order valence-corrected chi connectivity index (χ3v) is 19.1. The third-order valence-electron chi connectivity index (χ3n) is 18.9. The molecule has 2 spiro atoms. The molecule has 4 aromatic carbocycles. The van der Waals surface area contributed by atoms with E-state index >= 15 is 0 Å². The second-order valence-corrected chi connectivity index (χ2v) is 23.5. The Morgan fingerprint density at radius 3 is 1.61 bits per heavy atom. The zero-order chi connectivity index (χ0) is 45.8. The van der Waals surface area contributed by atoms with Crippen molar-refractivity contribution in [2.24, 2.45) is 17.6 Å². The molecule has 10 fully saturated rings. The Morgan fingerprint density at radius 1 is 0.642 bits per heavy atom. The number of nitrogens with one attached hydrogen (secondary N) is 1. The van der Waals surface area contributed by atoms with Crippen LogP contribution in [0.4, 0.5) is 0 Å². The molecular weight excluding hydrogens is 852 g/mol. The maximum atomic E-state index is 13.2. The molecule has 8 nitrogen and oxygen atoms in total. The molecule has 1 amide bonds. The Kier molecular flexibility index (Phi) is 10.8. The summed E-state index contributed by atoms with van der Waals surface area (Å²) in [5, 5.41) is 3.08. The van der Waals surface area contributed by atoms with E-state index in [2.05, 4.69) is 65.4 Å². The van der Waals surface area contributed by atoms with Gasteiger partial charge in [-0.25, -0.2) is 0 Å². The van der Waals surface area contributed by atoms with E-state index in [9.17, 15) is 9.59 Å². The predicted octanol–water partition coefficient (Wildman–Crippen LogP) is 9.38. The molecule has 0 aromatic heterocycles. The maximum Gasteiger partial charge on any atom is 0.252 e. The van der Waals surface area contributed by atoms with Gasteiger partial charge in [0, 0.05) is 52.7 Å². The summed E-state index contributed by atoms with van der Waals surface area (Å²) in [4.78, 5) is 29.2. The van der Waals surface area contributed by atoms with E-state index in [1.54, 1.807) is 35.4 Å². The van der Waals surface area contributed by atoms with Crippen molar-refractivity contribution in [1.29, 1.82) is 0 Å². The van der Waals surface area contributed by atoms with Gasteiger partial charge in [0.2, 0.25) is 0 Å². The first-order valence-electron chi connectivity index (χ1n) is 25.7. The van der Waals surface area contributed by atoms with Gasteiger partial charge in [0.25, 0.3) is 11.1 Å². The molecular formula is C58H69ClN4O4. The summed E-state index contributed by atoms with van der Waals surface area (Å²) in [6.07, 6.45) is 16.8. The lowest BCUT2D eigenvalue weighted by molar-refractivity contribution is -0.261. The van der Waals surface area contributed by atoms with Gasteiger partial charge < -0.3 is 20.5 Å². The van der Waals surface area contributed by atoms with Gasteiger partial charge in [-0.3, -0.25) is 19.4 Å². The average Bonchev–Trinajstić information content (AvgIpc) is 4.30. The molecule has 9 heteroatoms. The molecule has 352 valence electrons. The molecule has 12 aliphatic rings. The Hall–Kier alpha value is -3.89. The van der Waals surface area contributed by atoms with Gasteiger partial charge in [-0.2, -0.15) is 0 Å². The summed E-state index contributed by atoms with van der Waals surface area (Å²) in [6.45, 7) is 10.8. The minimum atomic E-state index is -0.407. The summed E-state index contributed by atoms with van der Waals surface area (Å²) in [5.74, 6) is 1.88. The van der Waals surface area contributed by atoms with Crippen LogP contribution in [0.3, 0.4) is 0 Å². The topological polar surface area (TPSA) is 97.1 Å². The number of likely N-dealkylation sites (tertiary alicyclic amines) is 2. The number of benzene rings is 4. The number of piperidine rings is 2. The van der Waals surface area contributed by atoms with Crippen molar-refractivity contribution in [3.63, 3.8) is 0 Å². The van der Waals surface area contributed by atoms with Crippen LogP contribution in [0.25, 0.3) is 0 Å². The number of carbonyl (C=O) groups is 2. The van der Waals surface area contributed by atoms with Crippen LogP contribution in [0.2, 0.25) is 0 Å². The highest BCUT2D eigenvalue weighted by Gasteiger charge is 2.73. The zero-order valence-electron chi connectivity index (χ0n) is 39.7. The molecule has 8 atom stereocenters. The van der Waals surface area contributed by atoms with E-state index in [4.69, 9.17) is 26.8 Å². The van der Waals surface area contributed by atoms with Gasteiger partial charge in [-0.1, -0.05) is 96.1 Å². The minimum Gasteiger partial charge on any atom is -0.371 e. The summed E-state index contributed by atoms with van der Waals surface area (Å²) in [5.41, 5.74) is 16.7. The number of hydrogen-bond donors (Lipinski definition) is 2. The fraction of sp³-hybridized carbons (Fsp3) is 0.552. The average molecular weight is 922 g/mol. The fourth-order valence-corrected chi connectivity index (χ4v) is 15.5. The summed E-state index contributed by atoms with van der Waals surface area (Å²) >= 11 is 5.16. The molecule has 16 rings (SSSR count). The number of ether oxygens (including phenoxy) is 2. The number of nitrogens with zero attached hydrogens (tertiary/aromatic N) is 2. The van der Waals surface area contributed by atoms with Gasteiger partial charge in [0.05, 0.1) is 30.0 Å². The summed E-state index contributed by atoms with van der Waals surface area (Å²) < 4.78 is 13.8. The van der Waals surface area contributed by atoms with Crippen molar-refractivity contribution >= 4 is 22.8 Å². The Balaban J connectivity index is 0.000000121. The molecule has 8 bridgehead atoms. The van der Waals surface area contributed by atoms with Crippen molar-refractivity contribution in [3.05, 3.63) is 142 Å². The molecule has 0 radical (unpaired) electrons. The highest BCUT2D eigenvalue weighted by Crippen LogP contribution is 2.66. The van der Waals surface area contributed by atoms with Crippen LogP contribution >= 0.6 is 11.6 Å². The normalized spacial score (nSPS) is 36.1. The van der Waals surface area contributed by atoms with Gasteiger partial charge in [0.1, 0.15) is 0 Å². The van der Waals surface area contributed by atoms with Crippen molar-refractivity contribution in [3.8, 4) is 0 Å². The van der Waals surface area contributed by atoms with E-state index in [1.807, 2.05) is 36.4 Å². The van der Waals surface area contributed by atoms with Gasteiger partial charge in [-0.15, -0.1) is 0 Å². The number of carbonyl (C=O) groups excluding carboxylic acids is 2. The highest BCUT2D eigenvalue weighted by atomic mass is 35.5. The molecule has 0 unspecified atom stereocenters. The van der Waals surface area contributed by atoms with Crippen molar-refractivity contribution < 1.29 is 19.1 Å². The van der Waals surface area contributed by atoms with Crippen LogP contribution in [0.5, 0.6) is 0 Å². The number of hydrogen-bond acceptors (Lipinski definition) is 7. The smallest absolute Gasteiger partial charge is 0.252 e. The number of rotatable bonds is 7. The summed E-state index contributed by atoms with van der Waals surface area (Å²) in [7, 11) is 0. The monoisotopic (exact) mass is 921 g/mol. The summed E-state index contributed by atoms with van der Waals surface area (Å²) in [6, 6.07) is 33.7. The zero-order valence-corrected chi connectivity index (χ0v) is 40.4. The number of aryl methyl sites for hydroxylation is 2. The van der Waals surface area contributed by atoms with Crippen molar-refractivity contribution in [2.45, 2.75) is 149 Å². The van der Waals surface area contributed by atoms with Gasteiger partial charge in [-0.05, 0) is 175 Å². The first-order valence-corrected chi connectivity index (χ1v) is 26.1. The van der Waals surface area contributed by atoms with E-state index in [1.165, 1.54) is 80.4 Å². The second-order valence-electron chi connectivity index (χ2n) is 23.1. The van der Waals surface area contributed by atoms with Crippen LogP contribution < -0.4 is 11.1 Å². The van der Waals surface area contributed by atoms with Crippen molar-refractivity contribution in [2.75, 3.05) is 39.4 Å². The van der Waals surface area contributed by atoms with Crippen LogP contribution in [-0.2, 0) is 33.1 Å². The first kappa shape index (κ1) is 44.3. The Morgan fingerprint density at radius 2 is 1.15 bits per heavy atom. The maximum absolute atomic E-state index is 13.2. The molecule has 67 heavy (non-hydrogen) atoms. The molecule has 4 saturated carbocycles. The van der Waals surface area contributed by atoms with Crippen LogP contribution in [0.15, 0.2) is 97.1 Å². The molecule has 6 heterocycles. The molecule has 6 saturated heterocycles. The lowest BCUT2D eigenvalue weighted by Gasteiger charge is -2.71. The Bertz CT molecular complexity index is 2540. The van der Waals surface area contributed by atoms with E-state index in [0.29, 0.717) is 24.3 Å².